The summed E-state index contributed by atoms with van der Waals surface area (Å²) < 4.78 is 0. The number of benzene rings is 1. The predicted octanol–water partition coefficient (Wildman–Crippen LogP) is 3.20. The van der Waals surface area contributed by atoms with Crippen LogP contribution in [0.25, 0.3) is 10.9 Å². The van der Waals surface area contributed by atoms with Crippen molar-refractivity contribution in [2.24, 2.45) is 5.41 Å². The standard InChI is InChI=1S/C17H20N2O/c1-2-17(8-5-9-18-12-17)16(20)14-10-13-6-3-4-7-15(13)19-11-14/h3-4,6-7,10-11,18H,2,5,8-9,12H2,1H3. The molecule has 1 atom stereocenters. The van der Waals surface area contributed by atoms with Gasteiger partial charge in [-0.2, -0.15) is 0 Å². The lowest BCUT2D eigenvalue weighted by atomic mass is 9.73. The predicted molar refractivity (Wildman–Crippen MR) is 80.9 cm³/mol. The third-order valence-corrected chi connectivity index (χ3v) is 4.48. The van der Waals surface area contributed by atoms with E-state index in [4.69, 9.17) is 0 Å². The summed E-state index contributed by atoms with van der Waals surface area (Å²) in [5.41, 5.74) is 1.44. The van der Waals surface area contributed by atoms with Gasteiger partial charge in [0.25, 0.3) is 0 Å². The summed E-state index contributed by atoms with van der Waals surface area (Å²) in [5.74, 6) is 0.241. The van der Waals surface area contributed by atoms with Crippen LogP contribution in [-0.2, 0) is 0 Å². The molecular weight excluding hydrogens is 248 g/mol. The van der Waals surface area contributed by atoms with Gasteiger partial charge in [0.05, 0.1) is 5.52 Å². The minimum Gasteiger partial charge on any atom is -0.316 e. The van der Waals surface area contributed by atoms with Gasteiger partial charge in [-0.25, -0.2) is 0 Å². The van der Waals surface area contributed by atoms with Gasteiger partial charge in [-0.3, -0.25) is 9.78 Å². The first-order chi connectivity index (χ1) is 9.75. The van der Waals surface area contributed by atoms with Crippen LogP contribution in [0.1, 0.15) is 36.5 Å². The molecule has 1 aliphatic rings. The second kappa shape index (κ2) is 5.33. The SMILES string of the molecule is CCC1(C(=O)c2cnc3ccccc3c2)CCCNC1. The Hall–Kier alpha value is -1.74. The van der Waals surface area contributed by atoms with E-state index < -0.39 is 0 Å². The van der Waals surface area contributed by atoms with Crippen LogP contribution in [0.3, 0.4) is 0 Å². The van der Waals surface area contributed by atoms with Crippen molar-refractivity contribution in [2.45, 2.75) is 26.2 Å². The van der Waals surface area contributed by atoms with Gasteiger partial charge in [-0.15, -0.1) is 0 Å². The number of para-hydroxylation sites is 1. The third-order valence-electron chi connectivity index (χ3n) is 4.48. The molecule has 2 aromatic rings. The van der Waals surface area contributed by atoms with Crippen LogP contribution in [0.5, 0.6) is 0 Å². The van der Waals surface area contributed by atoms with E-state index >= 15 is 0 Å². The van der Waals surface area contributed by atoms with Gasteiger partial charge >= 0.3 is 0 Å². The van der Waals surface area contributed by atoms with Gasteiger partial charge in [0.15, 0.2) is 5.78 Å². The average Bonchev–Trinajstić information content (AvgIpc) is 2.54. The number of ketones is 1. The minimum atomic E-state index is -0.248. The lowest BCUT2D eigenvalue weighted by molar-refractivity contribution is 0.0730. The smallest absolute Gasteiger partial charge is 0.171 e. The highest BCUT2D eigenvalue weighted by Gasteiger charge is 2.38. The number of nitrogens with zero attached hydrogens (tertiary/aromatic N) is 1. The van der Waals surface area contributed by atoms with Crippen molar-refractivity contribution < 1.29 is 4.79 Å². The van der Waals surface area contributed by atoms with Crippen LogP contribution in [0.2, 0.25) is 0 Å². The topological polar surface area (TPSA) is 42.0 Å². The zero-order chi connectivity index (χ0) is 14.0. The zero-order valence-electron chi connectivity index (χ0n) is 11.9. The molecule has 0 spiro atoms. The van der Waals surface area contributed by atoms with E-state index in [2.05, 4.69) is 17.2 Å². The Labute approximate surface area is 119 Å². The molecular formula is C17H20N2O. The molecule has 3 rings (SSSR count). The lowest BCUT2D eigenvalue weighted by Crippen LogP contribution is -2.45. The Kier molecular flexibility index (Phi) is 3.53. The Morgan fingerprint density at radius 1 is 1.40 bits per heavy atom. The number of aromatic nitrogens is 1. The third kappa shape index (κ3) is 2.22. The Morgan fingerprint density at radius 2 is 2.25 bits per heavy atom. The molecule has 3 nitrogen and oxygen atoms in total. The summed E-state index contributed by atoms with van der Waals surface area (Å²) in [6.07, 6.45) is 4.66. The van der Waals surface area contributed by atoms with E-state index in [-0.39, 0.29) is 11.2 Å². The summed E-state index contributed by atoms with van der Waals surface area (Å²) in [6.45, 7) is 3.92. The number of hydrogen-bond acceptors (Lipinski definition) is 3. The minimum absolute atomic E-state index is 0.241. The number of fused-ring (bicyclic) bond motifs is 1. The molecule has 1 fully saturated rings. The lowest BCUT2D eigenvalue weighted by Gasteiger charge is -2.35. The largest absolute Gasteiger partial charge is 0.316 e. The van der Waals surface area contributed by atoms with E-state index in [0.29, 0.717) is 0 Å². The molecule has 0 bridgehead atoms. The van der Waals surface area contributed by atoms with Crippen LogP contribution >= 0.6 is 0 Å². The number of carbonyl (C=O) groups excluding carboxylic acids is 1. The molecule has 1 aliphatic heterocycles. The van der Waals surface area contributed by atoms with E-state index in [0.717, 1.165) is 48.8 Å². The maximum absolute atomic E-state index is 12.9. The van der Waals surface area contributed by atoms with Gasteiger partial charge in [0.2, 0.25) is 0 Å². The normalized spacial score (nSPS) is 22.9. The molecule has 1 saturated heterocycles. The van der Waals surface area contributed by atoms with Gasteiger partial charge in [0.1, 0.15) is 0 Å². The Morgan fingerprint density at radius 3 is 3.00 bits per heavy atom. The number of Topliss-reactive ketones (excluding diaryl/α,β-unsaturated/α-hetero) is 1. The molecule has 0 radical (unpaired) electrons. The fraction of sp³-hybridized carbons (Fsp3) is 0.412. The molecule has 20 heavy (non-hydrogen) atoms. The average molecular weight is 268 g/mol. The van der Waals surface area contributed by atoms with Crippen LogP contribution < -0.4 is 5.32 Å². The Balaban J connectivity index is 1.98. The first-order valence-electron chi connectivity index (χ1n) is 7.35. The van der Waals surface area contributed by atoms with Crippen molar-refractivity contribution in [3.05, 3.63) is 42.1 Å². The number of carbonyl (C=O) groups is 1. The highest BCUT2D eigenvalue weighted by atomic mass is 16.1. The zero-order valence-corrected chi connectivity index (χ0v) is 11.9. The number of piperidine rings is 1. The quantitative estimate of drug-likeness (QED) is 0.869. The molecule has 0 aliphatic carbocycles. The van der Waals surface area contributed by atoms with Gasteiger partial charge < -0.3 is 5.32 Å². The van der Waals surface area contributed by atoms with E-state index in [9.17, 15) is 4.79 Å². The first-order valence-corrected chi connectivity index (χ1v) is 7.35. The van der Waals surface area contributed by atoms with Crippen molar-refractivity contribution in [1.29, 1.82) is 0 Å². The first kappa shape index (κ1) is 13.3. The molecule has 1 aromatic heterocycles. The molecule has 104 valence electrons. The molecule has 0 saturated carbocycles. The van der Waals surface area contributed by atoms with Gasteiger partial charge in [-0.1, -0.05) is 25.1 Å². The summed E-state index contributed by atoms with van der Waals surface area (Å²) in [5, 5.41) is 4.41. The monoisotopic (exact) mass is 268 g/mol. The van der Waals surface area contributed by atoms with Crippen LogP contribution in [0, 0.1) is 5.41 Å². The van der Waals surface area contributed by atoms with Gasteiger partial charge in [0, 0.05) is 29.1 Å². The molecule has 3 heteroatoms. The molecule has 0 amide bonds. The second-order valence-electron chi connectivity index (χ2n) is 5.66. The molecule has 1 unspecified atom stereocenters. The molecule has 1 N–H and O–H groups in total. The highest BCUT2D eigenvalue weighted by molar-refractivity contribution is 6.02. The number of pyridine rings is 1. The van der Waals surface area contributed by atoms with Crippen molar-refractivity contribution in [2.75, 3.05) is 13.1 Å². The van der Waals surface area contributed by atoms with Crippen molar-refractivity contribution in [1.82, 2.24) is 10.3 Å². The van der Waals surface area contributed by atoms with Crippen LogP contribution in [0.15, 0.2) is 36.5 Å². The van der Waals surface area contributed by atoms with E-state index in [1.165, 1.54) is 0 Å². The fourth-order valence-corrected chi connectivity index (χ4v) is 3.13. The van der Waals surface area contributed by atoms with E-state index in [1.54, 1.807) is 6.20 Å². The van der Waals surface area contributed by atoms with Crippen LogP contribution in [0.4, 0.5) is 0 Å². The summed E-state index contributed by atoms with van der Waals surface area (Å²) in [6, 6.07) is 9.92. The van der Waals surface area contributed by atoms with Crippen molar-refractivity contribution in [3.8, 4) is 0 Å². The second-order valence-corrected chi connectivity index (χ2v) is 5.66. The van der Waals surface area contributed by atoms with Gasteiger partial charge in [-0.05, 0) is 37.9 Å². The maximum Gasteiger partial charge on any atom is 0.171 e. The summed E-state index contributed by atoms with van der Waals surface area (Å²) in [4.78, 5) is 17.3. The number of nitrogens with one attached hydrogen (secondary N) is 1. The summed E-state index contributed by atoms with van der Waals surface area (Å²) in [7, 11) is 0. The molecule has 2 heterocycles. The molecule has 1 aromatic carbocycles. The van der Waals surface area contributed by atoms with Crippen molar-refractivity contribution in [3.63, 3.8) is 0 Å². The maximum atomic E-state index is 12.9. The fourth-order valence-electron chi connectivity index (χ4n) is 3.13. The number of hydrogen-bond donors (Lipinski definition) is 1. The Bertz CT molecular complexity index is 630. The van der Waals surface area contributed by atoms with Crippen molar-refractivity contribution >= 4 is 16.7 Å². The number of rotatable bonds is 3. The van der Waals surface area contributed by atoms with E-state index in [1.807, 2.05) is 30.3 Å². The summed E-state index contributed by atoms with van der Waals surface area (Å²) >= 11 is 0. The highest BCUT2D eigenvalue weighted by Crippen LogP contribution is 2.34. The van der Waals surface area contributed by atoms with Crippen LogP contribution in [-0.4, -0.2) is 23.9 Å².